The van der Waals surface area contributed by atoms with E-state index in [0.717, 1.165) is 24.4 Å². The quantitative estimate of drug-likeness (QED) is 0.391. The van der Waals surface area contributed by atoms with E-state index in [-0.39, 0.29) is 22.4 Å². The number of anilines is 1. The lowest BCUT2D eigenvalue weighted by atomic mass is 9.98. The summed E-state index contributed by atoms with van der Waals surface area (Å²) < 4.78 is 38.0. The van der Waals surface area contributed by atoms with E-state index in [1.165, 1.54) is 12.1 Å². The van der Waals surface area contributed by atoms with Crippen LogP contribution in [0.25, 0.3) is 0 Å². The standard InChI is InChI=1S/C15H10F3N3O2/c16-15(17,18)13-3-1-2-12(21-13)14(23)10-4-8(6-19)11(20)5-9(10)7-22/h1-7,19H,20H2. The number of nitrogen functional groups attached to an aromatic ring is 1. The Labute approximate surface area is 128 Å². The maximum absolute atomic E-state index is 12.7. The van der Waals surface area contributed by atoms with Crippen LogP contribution in [0.1, 0.15) is 37.7 Å². The molecule has 23 heavy (non-hydrogen) atoms. The second kappa shape index (κ2) is 5.99. The first-order valence-corrected chi connectivity index (χ1v) is 6.26. The normalized spacial score (nSPS) is 11.1. The topological polar surface area (TPSA) is 96.9 Å². The molecule has 0 atom stereocenters. The van der Waals surface area contributed by atoms with Crippen molar-refractivity contribution in [1.29, 1.82) is 5.41 Å². The Bertz CT molecular complexity index is 801. The summed E-state index contributed by atoms with van der Waals surface area (Å²) in [5.74, 6) is -0.860. The molecule has 1 heterocycles. The van der Waals surface area contributed by atoms with E-state index in [9.17, 15) is 22.8 Å². The van der Waals surface area contributed by atoms with Crippen LogP contribution in [0.3, 0.4) is 0 Å². The zero-order valence-electron chi connectivity index (χ0n) is 11.5. The highest BCUT2D eigenvalue weighted by Gasteiger charge is 2.33. The molecule has 3 N–H and O–H groups in total. The van der Waals surface area contributed by atoms with Gasteiger partial charge < -0.3 is 11.1 Å². The molecule has 2 aromatic rings. The van der Waals surface area contributed by atoms with Crippen molar-refractivity contribution in [2.24, 2.45) is 0 Å². The molecular weight excluding hydrogens is 311 g/mol. The second-order valence-corrected chi connectivity index (χ2v) is 4.57. The number of aldehydes is 1. The Morgan fingerprint density at radius 3 is 2.48 bits per heavy atom. The summed E-state index contributed by atoms with van der Waals surface area (Å²) in [7, 11) is 0. The van der Waals surface area contributed by atoms with Gasteiger partial charge in [-0.1, -0.05) is 6.07 Å². The van der Waals surface area contributed by atoms with Crippen molar-refractivity contribution in [1.82, 2.24) is 4.98 Å². The highest BCUT2D eigenvalue weighted by molar-refractivity contribution is 6.13. The maximum Gasteiger partial charge on any atom is 0.433 e. The van der Waals surface area contributed by atoms with Crippen LogP contribution in [0.5, 0.6) is 0 Å². The lowest BCUT2D eigenvalue weighted by Gasteiger charge is -2.10. The first kappa shape index (κ1) is 16.3. The Kier molecular flexibility index (Phi) is 4.26. The van der Waals surface area contributed by atoms with Crippen molar-refractivity contribution in [2.75, 3.05) is 5.73 Å². The summed E-state index contributed by atoms with van der Waals surface area (Å²) >= 11 is 0. The maximum atomic E-state index is 12.7. The van der Waals surface area contributed by atoms with Gasteiger partial charge in [-0.25, -0.2) is 4.98 Å². The Morgan fingerprint density at radius 2 is 1.91 bits per heavy atom. The van der Waals surface area contributed by atoms with Crippen molar-refractivity contribution >= 4 is 24.0 Å². The minimum Gasteiger partial charge on any atom is -0.398 e. The van der Waals surface area contributed by atoms with Gasteiger partial charge in [0.25, 0.3) is 0 Å². The van der Waals surface area contributed by atoms with Crippen LogP contribution >= 0.6 is 0 Å². The lowest BCUT2D eigenvalue weighted by molar-refractivity contribution is -0.141. The summed E-state index contributed by atoms with van der Waals surface area (Å²) in [5.41, 5.74) is 3.97. The van der Waals surface area contributed by atoms with Gasteiger partial charge in [0.2, 0.25) is 5.78 Å². The van der Waals surface area contributed by atoms with E-state index >= 15 is 0 Å². The number of nitrogens with one attached hydrogen (secondary N) is 1. The second-order valence-electron chi connectivity index (χ2n) is 4.57. The predicted octanol–water partition coefficient (Wildman–Crippen LogP) is 2.72. The summed E-state index contributed by atoms with van der Waals surface area (Å²) in [6, 6.07) is 5.28. The van der Waals surface area contributed by atoms with E-state index in [2.05, 4.69) is 4.98 Å². The molecule has 0 bridgehead atoms. The molecule has 0 saturated carbocycles. The summed E-state index contributed by atoms with van der Waals surface area (Å²) in [6.45, 7) is 0. The number of alkyl halides is 3. The number of benzene rings is 1. The molecule has 0 amide bonds. The van der Waals surface area contributed by atoms with Crippen LogP contribution in [0.15, 0.2) is 30.3 Å². The number of aromatic nitrogens is 1. The third-order valence-corrected chi connectivity index (χ3v) is 3.05. The van der Waals surface area contributed by atoms with Gasteiger partial charge in [-0.05, 0) is 24.3 Å². The highest BCUT2D eigenvalue weighted by Crippen LogP contribution is 2.28. The van der Waals surface area contributed by atoms with E-state index in [1.807, 2.05) is 0 Å². The van der Waals surface area contributed by atoms with Gasteiger partial charge in [-0.15, -0.1) is 0 Å². The molecular formula is C15H10F3N3O2. The number of hydrogen-bond acceptors (Lipinski definition) is 5. The van der Waals surface area contributed by atoms with Crippen LogP contribution < -0.4 is 5.73 Å². The molecule has 8 heteroatoms. The zero-order chi connectivity index (χ0) is 17.2. The minimum atomic E-state index is -4.69. The highest BCUT2D eigenvalue weighted by atomic mass is 19.4. The number of pyridine rings is 1. The smallest absolute Gasteiger partial charge is 0.398 e. The van der Waals surface area contributed by atoms with Crippen molar-refractivity contribution < 1.29 is 22.8 Å². The molecule has 0 fully saturated rings. The van der Waals surface area contributed by atoms with Gasteiger partial charge in [0, 0.05) is 28.6 Å². The fourth-order valence-corrected chi connectivity index (χ4v) is 1.93. The van der Waals surface area contributed by atoms with E-state index in [0.29, 0.717) is 6.29 Å². The van der Waals surface area contributed by atoms with E-state index in [4.69, 9.17) is 11.1 Å². The Hall–Kier alpha value is -3.03. The molecule has 5 nitrogen and oxygen atoms in total. The van der Waals surface area contributed by atoms with E-state index in [1.54, 1.807) is 0 Å². The van der Waals surface area contributed by atoms with Crippen LogP contribution in [-0.4, -0.2) is 23.3 Å². The SMILES string of the molecule is N=Cc1cc(C(=O)c2cccc(C(F)(F)F)n2)c(C=O)cc1N. The summed E-state index contributed by atoms with van der Waals surface area (Å²) in [5, 5.41) is 7.20. The number of nitrogens with two attached hydrogens (primary N) is 1. The van der Waals surface area contributed by atoms with Crippen LogP contribution in [0.4, 0.5) is 18.9 Å². The minimum absolute atomic E-state index is 0.0858. The van der Waals surface area contributed by atoms with Crippen molar-refractivity contribution in [3.05, 3.63) is 58.4 Å². The molecule has 0 aliphatic carbocycles. The number of ketones is 1. The molecule has 118 valence electrons. The van der Waals surface area contributed by atoms with Crippen LogP contribution in [0.2, 0.25) is 0 Å². The number of hydrogen-bond donors (Lipinski definition) is 2. The zero-order valence-corrected chi connectivity index (χ0v) is 11.5. The summed E-state index contributed by atoms with van der Waals surface area (Å²) in [6.07, 6.45) is -3.45. The molecule has 0 saturated heterocycles. The number of carbonyl (C=O) groups excluding carboxylic acids is 2. The van der Waals surface area contributed by atoms with Crippen LogP contribution in [0, 0.1) is 5.41 Å². The van der Waals surface area contributed by atoms with Gasteiger partial charge in [-0.3, -0.25) is 9.59 Å². The number of carbonyl (C=O) groups is 2. The van der Waals surface area contributed by atoms with Gasteiger partial charge >= 0.3 is 6.18 Å². The molecule has 2 rings (SSSR count). The average molecular weight is 321 g/mol. The molecule has 0 unspecified atom stereocenters. The molecule has 0 radical (unpaired) electrons. The molecule has 0 aliphatic heterocycles. The van der Waals surface area contributed by atoms with Crippen molar-refractivity contribution in [3.8, 4) is 0 Å². The average Bonchev–Trinajstić information content (AvgIpc) is 2.53. The number of rotatable bonds is 4. The molecule has 1 aromatic carbocycles. The molecule has 0 aliphatic rings. The first-order chi connectivity index (χ1) is 10.8. The van der Waals surface area contributed by atoms with E-state index < -0.39 is 23.3 Å². The van der Waals surface area contributed by atoms with Gasteiger partial charge in [-0.2, -0.15) is 13.2 Å². The number of halogens is 3. The van der Waals surface area contributed by atoms with Crippen molar-refractivity contribution in [2.45, 2.75) is 6.18 Å². The third kappa shape index (κ3) is 3.25. The van der Waals surface area contributed by atoms with Gasteiger partial charge in [0.1, 0.15) is 11.4 Å². The molecule has 0 spiro atoms. The third-order valence-electron chi connectivity index (χ3n) is 3.05. The molecule has 1 aromatic heterocycles. The Balaban J connectivity index is 2.57. The Morgan fingerprint density at radius 1 is 1.22 bits per heavy atom. The fourth-order valence-electron chi connectivity index (χ4n) is 1.93. The number of nitrogens with zero attached hydrogens (tertiary/aromatic N) is 1. The van der Waals surface area contributed by atoms with Gasteiger partial charge in [0.15, 0.2) is 6.29 Å². The predicted molar refractivity (Wildman–Crippen MR) is 76.8 cm³/mol. The summed E-state index contributed by atoms with van der Waals surface area (Å²) in [4.78, 5) is 26.8. The van der Waals surface area contributed by atoms with Gasteiger partial charge in [0.05, 0.1) is 0 Å². The lowest BCUT2D eigenvalue weighted by Crippen LogP contribution is -2.14. The van der Waals surface area contributed by atoms with Crippen LogP contribution in [-0.2, 0) is 6.18 Å². The first-order valence-electron chi connectivity index (χ1n) is 6.26. The van der Waals surface area contributed by atoms with Crippen molar-refractivity contribution in [3.63, 3.8) is 0 Å². The largest absolute Gasteiger partial charge is 0.433 e. The fraction of sp³-hybridized carbons (Fsp3) is 0.0667. The monoisotopic (exact) mass is 321 g/mol.